The van der Waals surface area contributed by atoms with Gasteiger partial charge < -0.3 is 15.7 Å². The molecule has 2 atom stereocenters. The van der Waals surface area contributed by atoms with Crippen LogP contribution in [0.4, 0.5) is 5.69 Å². The standard InChI is InChI=1S/C11H15ClN2O/c1-14-6-8(10(15)5-13)7-3-2-4-9(12)11(7)14/h2-4,8,10,15H,5-6,13H2,1H3. The fourth-order valence-corrected chi connectivity index (χ4v) is 2.54. The average Bonchev–Trinajstić information content (AvgIpc) is 2.56. The summed E-state index contributed by atoms with van der Waals surface area (Å²) in [5, 5.41) is 10.6. The molecule has 0 spiro atoms. The van der Waals surface area contributed by atoms with Crippen molar-refractivity contribution in [2.45, 2.75) is 12.0 Å². The predicted octanol–water partition coefficient (Wildman–Crippen LogP) is 1.19. The van der Waals surface area contributed by atoms with E-state index >= 15 is 0 Å². The Balaban J connectivity index is 2.42. The number of hydrogen-bond acceptors (Lipinski definition) is 3. The van der Waals surface area contributed by atoms with E-state index in [2.05, 4.69) is 4.90 Å². The van der Waals surface area contributed by atoms with Gasteiger partial charge in [-0.15, -0.1) is 0 Å². The lowest BCUT2D eigenvalue weighted by Gasteiger charge is -2.17. The Labute approximate surface area is 94.4 Å². The Bertz CT molecular complexity index is 370. The molecule has 4 heteroatoms. The topological polar surface area (TPSA) is 49.5 Å². The van der Waals surface area contributed by atoms with E-state index in [0.29, 0.717) is 0 Å². The van der Waals surface area contributed by atoms with E-state index in [1.165, 1.54) is 0 Å². The van der Waals surface area contributed by atoms with Crippen LogP contribution in [0.25, 0.3) is 0 Å². The van der Waals surface area contributed by atoms with Crippen LogP contribution in [0.15, 0.2) is 18.2 Å². The first-order valence-corrected chi connectivity index (χ1v) is 5.40. The van der Waals surface area contributed by atoms with E-state index in [-0.39, 0.29) is 12.5 Å². The minimum Gasteiger partial charge on any atom is -0.391 e. The van der Waals surface area contributed by atoms with Crippen molar-refractivity contribution < 1.29 is 5.11 Å². The fourth-order valence-electron chi connectivity index (χ4n) is 2.21. The molecule has 0 radical (unpaired) electrons. The van der Waals surface area contributed by atoms with Crippen LogP contribution in [-0.4, -0.2) is 31.3 Å². The summed E-state index contributed by atoms with van der Waals surface area (Å²) in [7, 11) is 1.98. The van der Waals surface area contributed by atoms with E-state index in [4.69, 9.17) is 17.3 Å². The number of benzene rings is 1. The summed E-state index contributed by atoms with van der Waals surface area (Å²) in [5.41, 5.74) is 7.62. The molecule has 1 aliphatic rings. The maximum atomic E-state index is 9.82. The summed E-state index contributed by atoms with van der Waals surface area (Å²) in [4.78, 5) is 2.07. The number of aliphatic hydroxyl groups excluding tert-OH is 1. The summed E-state index contributed by atoms with van der Waals surface area (Å²) in [6.07, 6.45) is -0.493. The summed E-state index contributed by atoms with van der Waals surface area (Å²) in [6, 6.07) is 5.79. The molecule has 1 aromatic carbocycles. The summed E-state index contributed by atoms with van der Waals surface area (Å²) in [5.74, 6) is 0.0775. The van der Waals surface area contributed by atoms with Gasteiger partial charge in [0.1, 0.15) is 0 Å². The van der Waals surface area contributed by atoms with Gasteiger partial charge in [-0.2, -0.15) is 0 Å². The Kier molecular flexibility index (Phi) is 2.87. The SMILES string of the molecule is CN1CC(C(O)CN)c2cccc(Cl)c21. The molecular formula is C11H15ClN2O. The van der Waals surface area contributed by atoms with Crippen LogP contribution in [0.1, 0.15) is 11.5 Å². The number of para-hydroxylation sites is 1. The lowest BCUT2D eigenvalue weighted by Crippen LogP contribution is -2.30. The van der Waals surface area contributed by atoms with Gasteiger partial charge >= 0.3 is 0 Å². The van der Waals surface area contributed by atoms with Crippen LogP contribution >= 0.6 is 11.6 Å². The molecule has 1 aromatic rings. The lowest BCUT2D eigenvalue weighted by atomic mass is 9.95. The van der Waals surface area contributed by atoms with Crippen molar-refractivity contribution in [3.8, 4) is 0 Å². The number of anilines is 1. The van der Waals surface area contributed by atoms with Gasteiger partial charge in [0.15, 0.2) is 0 Å². The van der Waals surface area contributed by atoms with Gasteiger partial charge in [-0.1, -0.05) is 23.7 Å². The summed E-state index contributed by atoms with van der Waals surface area (Å²) >= 11 is 6.12. The van der Waals surface area contributed by atoms with Crippen molar-refractivity contribution in [3.63, 3.8) is 0 Å². The van der Waals surface area contributed by atoms with Crippen LogP contribution in [-0.2, 0) is 0 Å². The maximum absolute atomic E-state index is 9.82. The second kappa shape index (κ2) is 4.00. The molecule has 0 saturated carbocycles. The molecular weight excluding hydrogens is 212 g/mol. The Morgan fingerprint density at radius 3 is 3.07 bits per heavy atom. The predicted molar refractivity (Wildman–Crippen MR) is 62.5 cm³/mol. The molecule has 0 aliphatic carbocycles. The molecule has 0 bridgehead atoms. The minimum atomic E-state index is -0.493. The molecule has 0 fully saturated rings. The van der Waals surface area contributed by atoms with Gasteiger partial charge in [0.05, 0.1) is 16.8 Å². The second-order valence-electron chi connectivity index (χ2n) is 3.97. The summed E-state index contributed by atoms with van der Waals surface area (Å²) in [6.45, 7) is 1.06. The molecule has 2 rings (SSSR count). The highest BCUT2D eigenvalue weighted by molar-refractivity contribution is 6.33. The first kappa shape index (κ1) is 10.7. The van der Waals surface area contributed by atoms with Crippen LogP contribution in [0.2, 0.25) is 5.02 Å². The molecule has 0 amide bonds. The van der Waals surface area contributed by atoms with Gasteiger partial charge in [0.2, 0.25) is 0 Å². The van der Waals surface area contributed by atoms with Gasteiger partial charge in [-0.05, 0) is 11.6 Å². The third-order valence-corrected chi connectivity index (χ3v) is 3.28. The van der Waals surface area contributed by atoms with Crippen molar-refractivity contribution in [2.75, 3.05) is 25.0 Å². The van der Waals surface area contributed by atoms with Gasteiger partial charge in [-0.3, -0.25) is 0 Å². The number of fused-ring (bicyclic) bond motifs is 1. The van der Waals surface area contributed by atoms with Crippen molar-refractivity contribution >= 4 is 17.3 Å². The van der Waals surface area contributed by atoms with E-state index in [0.717, 1.165) is 22.8 Å². The van der Waals surface area contributed by atoms with Gasteiger partial charge in [0, 0.05) is 26.1 Å². The van der Waals surface area contributed by atoms with Crippen molar-refractivity contribution in [3.05, 3.63) is 28.8 Å². The Morgan fingerprint density at radius 2 is 2.40 bits per heavy atom. The molecule has 3 N–H and O–H groups in total. The highest BCUT2D eigenvalue weighted by Gasteiger charge is 2.32. The number of aliphatic hydroxyl groups is 1. The van der Waals surface area contributed by atoms with E-state index in [1.54, 1.807) is 0 Å². The fraction of sp³-hybridized carbons (Fsp3) is 0.455. The third kappa shape index (κ3) is 1.71. The highest BCUT2D eigenvalue weighted by Crippen LogP contribution is 2.41. The molecule has 1 aliphatic heterocycles. The number of nitrogens with two attached hydrogens (primary N) is 1. The van der Waals surface area contributed by atoms with Crippen LogP contribution in [0, 0.1) is 0 Å². The number of nitrogens with zero attached hydrogens (tertiary/aromatic N) is 1. The number of hydrogen-bond donors (Lipinski definition) is 2. The van der Waals surface area contributed by atoms with Crippen LogP contribution in [0.5, 0.6) is 0 Å². The van der Waals surface area contributed by atoms with Gasteiger partial charge in [-0.25, -0.2) is 0 Å². The quantitative estimate of drug-likeness (QED) is 0.797. The van der Waals surface area contributed by atoms with Crippen molar-refractivity contribution in [2.24, 2.45) is 5.73 Å². The van der Waals surface area contributed by atoms with Gasteiger partial charge in [0.25, 0.3) is 0 Å². The number of halogens is 1. The molecule has 2 unspecified atom stereocenters. The minimum absolute atomic E-state index is 0.0775. The Morgan fingerprint density at radius 1 is 1.67 bits per heavy atom. The second-order valence-corrected chi connectivity index (χ2v) is 4.37. The van der Waals surface area contributed by atoms with Crippen molar-refractivity contribution in [1.82, 2.24) is 0 Å². The van der Waals surface area contributed by atoms with E-state index < -0.39 is 6.10 Å². The third-order valence-electron chi connectivity index (χ3n) is 2.98. The molecule has 3 nitrogen and oxygen atoms in total. The van der Waals surface area contributed by atoms with Crippen LogP contribution in [0.3, 0.4) is 0 Å². The smallest absolute Gasteiger partial charge is 0.0748 e. The molecule has 15 heavy (non-hydrogen) atoms. The first-order chi connectivity index (χ1) is 7.15. The molecule has 82 valence electrons. The first-order valence-electron chi connectivity index (χ1n) is 5.02. The Hall–Kier alpha value is -0.770. The zero-order valence-corrected chi connectivity index (χ0v) is 9.41. The van der Waals surface area contributed by atoms with E-state index in [9.17, 15) is 5.11 Å². The summed E-state index contributed by atoms with van der Waals surface area (Å²) < 4.78 is 0. The zero-order chi connectivity index (χ0) is 11.0. The largest absolute Gasteiger partial charge is 0.391 e. The number of likely N-dealkylation sites (N-methyl/N-ethyl adjacent to an activating group) is 1. The highest BCUT2D eigenvalue weighted by atomic mass is 35.5. The van der Waals surface area contributed by atoms with E-state index in [1.807, 2.05) is 25.2 Å². The molecule has 0 aromatic heterocycles. The number of rotatable bonds is 2. The van der Waals surface area contributed by atoms with Crippen LogP contribution < -0.4 is 10.6 Å². The molecule has 1 heterocycles. The molecule has 0 saturated heterocycles. The average molecular weight is 227 g/mol. The zero-order valence-electron chi connectivity index (χ0n) is 8.65. The normalized spacial score (nSPS) is 21.6. The van der Waals surface area contributed by atoms with Crippen molar-refractivity contribution in [1.29, 1.82) is 0 Å². The monoisotopic (exact) mass is 226 g/mol. The lowest BCUT2D eigenvalue weighted by molar-refractivity contribution is 0.156. The maximum Gasteiger partial charge on any atom is 0.0748 e.